The van der Waals surface area contributed by atoms with Gasteiger partial charge in [-0.1, -0.05) is 22.6 Å². The monoisotopic (exact) mass is 274 g/mol. The fourth-order valence-corrected chi connectivity index (χ4v) is 1.32. The van der Waals surface area contributed by atoms with Gasteiger partial charge in [0.1, 0.15) is 0 Å². The molecule has 0 aromatic heterocycles. The first-order chi connectivity index (χ1) is 5.65. The van der Waals surface area contributed by atoms with Gasteiger partial charge in [-0.05, 0) is 6.07 Å². The van der Waals surface area contributed by atoms with Gasteiger partial charge >= 0.3 is 0 Å². The molecule has 0 saturated carbocycles. The summed E-state index contributed by atoms with van der Waals surface area (Å²) in [5.74, 6) is 0. The lowest BCUT2D eigenvalue weighted by Gasteiger charge is -1.94. The molecule has 1 rings (SSSR count). The summed E-state index contributed by atoms with van der Waals surface area (Å²) < 4.78 is 0.608. The van der Waals surface area contributed by atoms with Gasteiger partial charge in [0.05, 0.1) is 11.5 Å². The maximum Gasteiger partial charge on any atom is 0.267 e. The first-order valence-corrected chi connectivity index (χ1v) is 4.04. The van der Waals surface area contributed by atoms with Crippen molar-refractivity contribution < 1.29 is 4.92 Å². The topological polar surface area (TPSA) is 47.5 Å². The van der Waals surface area contributed by atoms with Crippen LogP contribution in [0.15, 0.2) is 18.2 Å². The maximum atomic E-state index is 10.3. The molecule has 0 radical (unpaired) electrons. The SMILES string of the molecule is [C-]#[N+]c1ccc([N+](=O)[O-])cc1I. The number of halogens is 1. The van der Waals surface area contributed by atoms with Crippen molar-refractivity contribution in [2.24, 2.45) is 0 Å². The highest BCUT2D eigenvalue weighted by Crippen LogP contribution is 2.25. The Labute approximate surface area is 82.3 Å². The summed E-state index contributed by atoms with van der Waals surface area (Å²) >= 11 is 1.90. The fraction of sp³-hybridized carbons (Fsp3) is 0. The van der Waals surface area contributed by atoms with E-state index in [4.69, 9.17) is 6.57 Å². The van der Waals surface area contributed by atoms with Crippen molar-refractivity contribution in [1.29, 1.82) is 0 Å². The lowest BCUT2D eigenvalue weighted by Crippen LogP contribution is -1.87. The van der Waals surface area contributed by atoms with E-state index in [-0.39, 0.29) is 5.69 Å². The maximum absolute atomic E-state index is 10.3. The van der Waals surface area contributed by atoms with E-state index in [1.54, 1.807) is 0 Å². The number of hydrogen-bond acceptors (Lipinski definition) is 2. The summed E-state index contributed by atoms with van der Waals surface area (Å²) in [4.78, 5) is 13.0. The summed E-state index contributed by atoms with van der Waals surface area (Å²) in [6.45, 7) is 6.71. The largest absolute Gasteiger partial charge is 0.267 e. The molecule has 0 heterocycles. The van der Waals surface area contributed by atoms with Gasteiger partial charge in [-0.25, -0.2) is 4.85 Å². The average molecular weight is 274 g/mol. The highest BCUT2D eigenvalue weighted by Gasteiger charge is 2.07. The van der Waals surface area contributed by atoms with Gasteiger partial charge in [0.2, 0.25) is 5.69 Å². The molecule has 12 heavy (non-hydrogen) atoms. The highest BCUT2D eigenvalue weighted by atomic mass is 127. The molecule has 0 spiro atoms. The number of nitro groups is 1. The van der Waals surface area contributed by atoms with Crippen LogP contribution in [-0.4, -0.2) is 4.92 Å². The van der Waals surface area contributed by atoms with E-state index >= 15 is 0 Å². The normalized spacial score (nSPS) is 9.00. The van der Waals surface area contributed by atoms with E-state index in [0.717, 1.165) is 0 Å². The molecule has 0 aliphatic carbocycles. The van der Waals surface area contributed by atoms with Crippen LogP contribution in [0.4, 0.5) is 11.4 Å². The van der Waals surface area contributed by atoms with Crippen molar-refractivity contribution in [2.75, 3.05) is 0 Å². The van der Waals surface area contributed by atoms with Crippen molar-refractivity contribution in [3.8, 4) is 0 Å². The molecule has 0 aliphatic rings. The summed E-state index contributed by atoms with van der Waals surface area (Å²) in [7, 11) is 0. The Morgan fingerprint density at radius 2 is 2.25 bits per heavy atom. The van der Waals surface area contributed by atoms with E-state index in [2.05, 4.69) is 4.85 Å². The number of rotatable bonds is 1. The molecule has 1 aromatic rings. The Balaban J connectivity index is 3.21. The summed E-state index contributed by atoms with van der Waals surface area (Å²) in [6.07, 6.45) is 0. The zero-order valence-corrected chi connectivity index (χ0v) is 7.98. The molecule has 0 atom stereocenters. The van der Waals surface area contributed by atoms with Gasteiger partial charge in [0.25, 0.3) is 5.69 Å². The first kappa shape index (κ1) is 8.93. The Hall–Kier alpha value is -1.16. The standard InChI is InChI=1S/C7H3IN2O2/c1-9-7-3-2-5(10(11)12)4-6(7)8/h2-4H. The van der Waals surface area contributed by atoms with Gasteiger partial charge in [0.15, 0.2) is 0 Å². The number of benzene rings is 1. The number of hydrogen-bond donors (Lipinski definition) is 0. The number of nitrogens with zero attached hydrogens (tertiary/aromatic N) is 2. The van der Waals surface area contributed by atoms with Crippen LogP contribution in [0.1, 0.15) is 0 Å². The second kappa shape index (κ2) is 3.49. The van der Waals surface area contributed by atoms with Crippen LogP contribution in [0.3, 0.4) is 0 Å². The minimum absolute atomic E-state index is 0.0202. The molecule has 0 amide bonds. The quantitative estimate of drug-likeness (QED) is 0.342. The summed E-state index contributed by atoms with van der Waals surface area (Å²) in [5.41, 5.74) is 0.466. The van der Waals surface area contributed by atoms with Gasteiger partial charge in [-0.15, -0.1) is 0 Å². The molecule has 0 unspecified atom stereocenters. The molecule has 1 aromatic carbocycles. The highest BCUT2D eigenvalue weighted by molar-refractivity contribution is 14.1. The second-order valence-corrected chi connectivity index (χ2v) is 3.17. The molecule has 4 nitrogen and oxygen atoms in total. The summed E-state index contributed by atoms with van der Waals surface area (Å²) in [6, 6.07) is 4.16. The summed E-state index contributed by atoms with van der Waals surface area (Å²) in [5, 5.41) is 10.3. The molecule has 0 fully saturated rings. The van der Waals surface area contributed by atoms with Crippen molar-refractivity contribution in [3.05, 3.63) is 43.3 Å². The van der Waals surface area contributed by atoms with Crippen molar-refractivity contribution >= 4 is 34.0 Å². The predicted octanol–water partition coefficient (Wildman–Crippen LogP) is 2.75. The zero-order valence-electron chi connectivity index (χ0n) is 5.82. The molecular weight excluding hydrogens is 271 g/mol. The number of non-ortho nitro benzene ring substituents is 1. The second-order valence-electron chi connectivity index (χ2n) is 2.00. The lowest BCUT2D eigenvalue weighted by atomic mass is 10.3. The third-order valence-electron chi connectivity index (χ3n) is 1.26. The Bertz CT molecular complexity index is 370. The van der Waals surface area contributed by atoms with Gasteiger partial charge < -0.3 is 0 Å². The smallest absolute Gasteiger partial charge is 0.258 e. The average Bonchev–Trinajstić information content (AvgIpc) is 2.04. The molecule has 0 N–H and O–H groups in total. The van der Waals surface area contributed by atoms with Crippen LogP contribution in [0.2, 0.25) is 0 Å². The van der Waals surface area contributed by atoms with Crippen LogP contribution in [0.25, 0.3) is 4.85 Å². The van der Waals surface area contributed by atoms with Crippen LogP contribution >= 0.6 is 22.6 Å². The van der Waals surface area contributed by atoms with Crippen molar-refractivity contribution in [2.45, 2.75) is 0 Å². The molecule has 60 valence electrons. The van der Waals surface area contributed by atoms with Crippen molar-refractivity contribution in [3.63, 3.8) is 0 Å². The van der Waals surface area contributed by atoms with E-state index in [1.807, 2.05) is 22.6 Å². The fourth-order valence-electron chi connectivity index (χ4n) is 0.700. The Kier molecular flexibility index (Phi) is 2.60. The predicted molar refractivity (Wildman–Crippen MR) is 52.1 cm³/mol. The van der Waals surface area contributed by atoms with Gasteiger partial charge in [-0.3, -0.25) is 10.1 Å². The molecular formula is C7H3IN2O2. The van der Waals surface area contributed by atoms with E-state index in [0.29, 0.717) is 9.26 Å². The van der Waals surface area contributed by atoms with Crippen molar-refractivity contribution in [1.82, 2.24) is 0 Å². The van der Waals surface area contributed by atoms with Crippen LogP contribution in [0.5, 0.6) is 0 Å². The number of nitro benzene ring substituents is 1. The van der Waals surface area contributed by atoms with E-state index in [1.165, 1.54) is 18.2 Å². The molecule has 0 aliphatic heterocycles. The molecule has 0 saturated heterocycles. The van der Waals surface area contributed by atoms with E-state index in [9.17, 15) is 10.1 Å². The Morgan fingerprint density at radius 3 is 2.67 bits per heavy atom. The zero-order chi connectivity index (χ0) is 9.14. The van der Waals surface area contributed by atoms with Gasteiger partial charge in [-0.2, -0.15) is 0 Å². The van der Waals surface area contributed by atoms with Crippen LogP contribution < -0.4 is 0 Å². The van der Waals surface area contributed by atoms with Crippen LogP contribution in [-0.2, 0) is 0 Å². The third kappa shape index (κ3) is 1.71. The van der Waals surface area contributed by atoms with Crippen LogP contribution in [0, 0.1) is 20.3 Å². The molecule has 5 heteroatoms. The third-order valence-corrected chi connectivity index (χ3v) is 2.13. The van der Waals surface area contributed by atoms with E-state index < -0.39 is 4.92 Å². The lowest BCUT2D eigenvalue weighted by molar-refractivity contribution is -0.384. The van der Waals surface area contributed by atoms with Gasteiger partial charge in [0, 0.05) is 15.7 Å². The molecule has 0 bridgehead atoms. The minimum atomic E-state index is -0.476. The minimum Gasteiger partial charge on any atom is -0.258 e. The Morgan fingerprint density at radius 1 is 1.58 bits per heavy atom. The first-order valence-electron chi connectivity index (χ1n) is 2.96.